The molecule has 0 spiro atoms. The van der Waals surface area contributed by atoms with E-state index in [2.05, 4.69) is 10.6 Å². The number of aryl methyl sites for hydroxylation is 1. The number of ether oxygens (including phenoxy) is 1. The zero-order valence-electron chi connectivity index (χ0n) is 12.9. The average Bonchev–Trinajstić information content (AvgIpc) is 2.94. The van der Waals surface area contributed by atoms with Crippen molar-refractivity contribution in [2.24, 2.45) is 11.3 Å². The summed E-state index contributed by atoms with van der Waals surface area (Å²) in [6.45, 7) is 3.80. The zero-order valence-corrected chi connectivity index (χ0v) is 12.9. The predicted octanol–water partition coefficient (Wildman–Crippen LogP) is 2.72. The van der Waals surface area contributed by atoms with Crippen molar-refractivity contribution in [3.8, 4) is 5.75 Å². The minimum Gasteiger partial charge on any atom is -0.497 e. The maximum atomic E-state index is 12.9. The Bertz CT molecular complexity index is 544. The van der Waals surface area contributed by atoms with Crippen LogP contribution in [0.25, 0.3) is 0 Å². The second-order valence-corrected chi connectivity index (χ2v) is 6.36. The van der Waals surface area contributed by atoms with E-state index in [1.807, 2.05) is 25.1 Å². The topological polar surface area (TPSA) is 50.4 Å². The molecule has 4 nitrogen and oxygen atoms in total. The van der Waals surface area contributed by atoms with Gasteiger partial charge in [0.05, 0.1) is 12.5 Å². The first-order chi connectivity index (χ1) is 10.2. The predicted molar refractivity (Wildman–Crippen MR) is 83.6 cm³/mol. The maximum Gasteiger partial charge on any atom is 0.232 e. The van der Waals surface area contributed by atoms with E-state index in [-0.39, 0.29) is 11.3 Å². The standard InChI is InChI=1S/C17H24N2O2/c1-12-9-14(21-2)6-7-15(12)19-16(20)17-8-4-3-5-13(17)10-18-11-17/h6-7,9,13,18H,3-5,8,10-11H2,1-2H3,(H,19,20)/t13-,17+/m0/s1. The lowest BCUT2D eigenvalue weighted by Crippen LogP contribution is -2.44. The van der Waals surface area contributed by atoms with E-state index in [1.54, 1.807) is 7.11 Å². The number of methoxy groups -OCH3 is 1. The van der Waals surface area contributed by atoms with E-state index in [0.29, 0.717) is 5.92 Å². The van der Waals surface area contributed by atoms with Crippen LogP contribution in [0.2, 0.25) is 0 Å². The van der Waals surface area contributed by atoms with Gasteiger partial charge in [0, 0.05) is 12.2 Å². The highest BCUT2D eigenvalue weighted by atomic mass is 16.5. The summed E-state index contributed by atoms with van der Waals surface area (Å²) >= 11 is 0. The van der Waals surface area contributed by atoms with Crippen molar-refractivity contribution in [1.29, 1.82) is 0 Å². The highest BCUT2D eigenvalue weighted by molar-refractivity contribution is 5.96. The molecular weight excluding hydrogens is 264 g/mol. The molecule has 0 unspecified atom stereocenters. The van der Waals surface area contributed by atoms with Crippen LogP contribution >= 0.6 is 0 Å². The summed E-state index contributed by atoms with van der Waals surface area (Å²) in [5.41, 5.74) is 1.73. The van der Waals surface area contributed by atoms with Crippen LogP contribution in [-0.2, 0) is 4.79 Å². The fraction of sp³-hybridized carbons (Fsp3) is 0.588. The van der Waals surface area contributed by atoms with Gasteiger partial charge in [0.25, 0.3) is 0 Å². The van der Waals surface area contributed by atoms with Crippen molar-refractivity contribution < 1.29 is 9.53 Å². The molecule has 2 aliphatic rings. The summed E-state index contributed by atoms with van der Waals surface area (Å²) in [7, 11) is 1.66. The fourth-order valence-electron chi connectivity index (χ4n) is 3.84. The minimum absolute atomic E-state index is 0.186. The maximum absolute atomic E-state index is 12.9. The molecular formula is C17H24N2O2. The highest BCUT2D eigenvalue weighted by Gasteiger charge is 2.49. The molecule has 0 radical (unpaired) electrons. The molecule has 21 heavy (non-hydrogen) atoms. The number of amides is 1. The Morgan fingerprint density at radius 3 is 3.05 bits per heavy atom. The van der Waals surface area contributed by atoms with Crippen LogP contribution in [0.5, 0.6) is 5.75 Å². The van der Waals surface area contributed by atoms with E-state index in [4.69, 9.17) is 4.74 Å². The van der Waals surface area contributed by atoms with Crippen molar-refractivity contribution in [2.45, 2.75) is 32.6 Å². The van der Waals surface area contributed by atoms with Crippen molar-refractivity contribution in [2.75, 3.05) is 25.5 Å². The normalized spacial score (nSPS) is 28.0. The molecule has 2 N–H and O–H groups in total. The van der Waals surface area contributed by atoms with Crippen LogP contribution in [0.3, 0.4) is 0 Å². The van der Waals surface area contributed by atoms with Crippen LogP contribution in [0, 0.1) is 18.3 Å². The highest BCUT2D eigenvalue weighted by Crippen LogP contribution is 2.44. The molecule has 3 rings (SSSR count). The molecule has 1 saturated heterocycles. The van der Waals surface area contributed by atoms with Gasteiger partial charge in [0.15, 0.2) is 0 Å². The van der Waals surface area contributed by atoms with Crippen LogP contribution in [-0.4, -0.2) is 26.1 Å². The Hall–Kier alpha value is -1.55. The summed E-state index contributed by atoms with van der Waals surface area (Å²) in [5.74, 6) is 1.50. The van der Waals surface area contributed by atoms with Crippen LogP contribution in [0.15, 0.2) is 18.2 Å². The molecule has 1 aromatic carbocycles. The summed E-state index contributed by atoms with van der Waals surface area (Å²) in [6, 6.07) is 5.78. The van der Waals surface area contributed by atoms with Gasteiger partial charge in [0.2, 0.25) is 5.91 Å². The van der Waals surface area contributed by atoms with E-state index in [0.717, 1.165) is 42.9 Å². The molecule has 1 aliphatic heterocycles. The van der Waals surface area contributed by atoms with Crippen molar-refractivity contribution >= 4 is 11.6 Å². The fourth-order valence-corrected chi connectivity index (χ4v) is 3.84. The van der Waals surface area contributed by atoms with Gasteiger partial charge >= 0.3 is 0 Å². The number of hydrogen-bond donors (Lipinski definition) is 2. The number of carbonyl (C=O) groups excluding carboxylic acids is 1. The van der Waals surface area contributed by atoms with Crippen molar-refractivity contribution in [3.05, 3.63) is 23.8 Å². The van der Waals surface area contributed by atoms with E-state index in [1.165, 1.54) is 12.8 Å². The molecule has 0 bridgehead atoms. The van der Waals surface area contributed by atoms with Crippen molar-refractivity contribution in [3.63, 3.8) is 0 Å². The number of nitrogens with one attached hydrogen (secondary N) is 2. The number of anilines is 1. The number of rotatable bonds is 3. The second-order valence-electron chi connectivity index (χ2n) is 6.36. The lowest BCUT2D eigenvalue weighted by Gasteiger charge is -2.37. The lowest BCUT2D eigenvalue weighted by molar-refractivity contribution is -0.128. The van der Waals surface area contributed by atoms with Gasteiger partial charge in [-0.05, 0) is 56.0 Å². The third-order valence-electron chi connectivity index (χ3n) is 5.17. The van der Waals surface area contributed by atoms with Crippen LogP contribution in [0.1, 0.15) is 31.2 Å². The molecule has 2 fully saturated rings. The van der Waals surface area contributed by atoms with E-state index >= 15 is 0 Å². The Morgan fingerprint density at radius 2 is 2.29 bits per heavy atom. The summed E-state index contributed by atoms with van der Waals surface area (Å²) < 4.78 is 5.22. The molecule has 4 heteroatoms. The molecule has 1 saturated carbocycles. The van der Waals surface area contributed by atoms with Gasteiger partial charge < -0.3 is 15.4 Å². The number of carbonyl (C=O) groups is 1. The quantitative estimate of drug-likeness (QED) is 0.899. The Balaban J connectivity index is 1.79. The van der Waals surface area contributed by atoms with Gasteiger partial charge in [0.1, 0.15) is 5.75 Å². The van der Waals surface area contributed by atoms with E-state index < -0.39 is 0 Å². The van der Waals surface area contributed by atoms with Gasteiger partial charge in [-0.1, -0.05) is 12.8 Å². The van der Waals surface area contributed by atoms with E-state index in [9.17, 15) is 4.79 Å². The smallest absolute Gasteiger partial charge is 0.232 e. The monoisotopic (exact) mass is 288 g/mol. The third-order valence-corrected chi connectivity index (χ3v) is 5.17. The summed E-state index contributed by atoms with van der Waals surface area (Å²) in [5, 5.41) is 6.58. The van der Waals surface area contributed by atoms with Gasteiger partial charge in [-0.15, -0.1) is 0 Å². The third kappa shape index (κ3) is 2.53. The van der Waals surface area contributed by atoms with Crippen LogP contribution < -0.4 is 15.4 Å². The molecule has 1 heterocycles. The largest absolute Gasteiger partial charge is 0.497 e. The van der Waals surface area contributed by atoms with Gasteiger partial charge in [-0.3, -0.25) is 4.79 Å². The summed E-state index contributed by atoms with van der Waals surface area (Å²) in [4.78, 5) is 12.9. The van der Waals surface area contributed by atoms with Crippen LogP contribution in [0.4, 0.5) is 5.69 Å². The Labute approximate surface area is 126 Å². The molecule has 1 aromatic rings. The molecule has 1 amide bonds. The molecule has 1 aliphatic carbocycles. The second kappa shape index (κ2) is 5.68. The number of benzene rings is 1. The van der Waals surface area contributed by atoms with Gasteiger partial charge in [-0.2, -0.15) is 0 Å². The molecule has 0 aromatic heterocycles. The Kier molecular flexibility index (Phi) is 3.89. The first kappa shape index (κ1) is 14.4. The first-order valence-electron chi connectivity index (χ1n) is 7.82. The van der Waals surface area contributed by atoms with Crippen molar-refractivity contribution in [1.82, 2.24) is 5.32 Å². The average molecular weight is 288 g/mol. The minimum atomic E-state index is -0.204. The van der Waals surface area contributed by atoms with Gasteiger partial charge in [-0.25, -0.2) is 0 Å². The first-order valence-corrected chi connectivity index (χ1v) is 7.82. The Morgan fingerprint density at radius 1 is 1.43 bits per heavy atom. The zero-order chi connectivity index (χ0) is 14.9. The summed E-state index contributed by atoms with van der Waals surface area (Å²) in [6.07, 6.45) is 4.59. The molecule has 114 valence electrons. The number of fused-ring (bicyclic) bond motifs is 1. The number of hydrogen-bond acceptors (Lipinski definition) is 3. The lowest BCUT2D eigenvalue weighted by atomic mass is 9.67. The molecule has 2 atom stereocenters. The SMILES string of the molecule is COc1ccc(NC(=O)[C@@]23CCCC[C@H]2CNC3)c(C)c1.